The zero-order valence-electron chi connectivity index (χ0n) is 14.9. The maximum Gasteiger partial charge on any atom is 0.118 e. The molecule has 1 atom stereocenters. The molecule has 0 bridgehead atoms. The normalized spacial score (nSPS) is 18.1. The summed E-state index contributed by atoms with van der Waals surface area (Å²) in [4.78, 5) is 2.59. The van der Waals surface area contributed by atoms with Crippen LogP contribution in [0.15, 0.2) is 48.5 Å². The van der Waals surface area contributed by atoms with E-state index in [4.69, 9.17) is 9.47 Å². The van der Waals surface area contributed by atoms with Gasteiger partial charge in [0, 0.05) is 19.0 Å². The van der Waals surface area contributed by atoms with E-state index >= 15 is 0 Å². The summed E-state index contributed by atoms with van der Waals surface area (Å²) in [5, 5.41) is 0. The number of hydrogen-bond acceptors (Lipinski definition) is 3. The van der Waals surface area contributed by atoms with E-state index in [0.29, 0.717) is 5.92 Å². The summed E-state index contributed by atoms with van der Waals surface area (Å²) in [6.07, 6.45) is 1.30. The third-order valence-electron chi connectivity index (χ3n) is 4.99. The molecule has 1 unspecified atom stereocenters. The van der Waals surface area contributed by atoms with Crippen LogP contribution >= 0.6 is 0 Å². The van der Waals surface area contributed by atoms with Crippen LogP contribution in [0.2, 0.25) is 0 Å². The van der Waals surface area contributed by atoms with E-state index < -0.39 is 0 Å². The largest absolute Gasteiger partial charge is 0.497 e. The van der Waals surface area contributed by atoms with E-state index in [1.807, 2.05) is 0 Å². The Morgan fingerprint density at radius 2 is 1.42 bits per heavy atom. The van der Waals surface area contributed by atoms with Crippen LogP contribution in [0.5, 0.6) is 11.5 Å². The minimum atomic E-state index is 0.368. The summed E-state index contributed by atoms with van der Waals surface area (Å²) in [5.74, 6) is 2.98. The second-order valence-electron chi connectivity index (χ2n) is 6.75. The molecule has 3 heteroatoms. The quantitative estimate of drug-likeness (QED) is 0.795. The van der Waals surface area contributed by atoms with Crippen molar-refractivity contribution in [1.82, 2.24) is 4.90 Å². The van der Waals surface area contributed by atoms with Crippen LogP contribution < -0.4 is 9.47 Å². The first-order valence-electron chi connectivity index (χ1n) is 8.70. The smallest absolute Gasteiger partial charge is 0.118 e. The lowest BCUT2D eigenvalue weighted by Gasteiger charge is -2.25. The van der Waals surface area contributed by atoms with Gasteiger partial charge in [-0.3, -0.25) is 0 Å². The Bertz CT molecular complexity index is 588. The van der Waals surface area contributed by atoms with Crippen molar-refractivity contribution in [3.63, 3.8) is 0 Å². The lowest BCUT2D eigenvalue weighted by molar-refractivity contribution is 0.317. The standard InChI is InChI=1S/C21H27NO2/c1-16-12-13-22(14-16)15-21(17-4-8-19(23-2)9-5-17)18-6-10-20(24-3)11-7-18/h4-11,16,21H,12-15H2,1-3H3. The third kappa shape index (κ3) is 3.90. The Labute approximate surface area is 145 Å². The van der Waals surface area contributed by atoms with Gasteiger partial charge in [0.05, 0.1) is 14.2 Å². The van der Waals surface area contributed by atoms with Gasteiger partial charge in [-0.15, -0.1) is 0 Å². The number of likely N-dealkylation sites (tertiary alicyclic amines) is 1. The third-order valence-corrected chi connectivity index (χ3v) is 4.99. The van der Waals surface area contributed by atoms with Crippen molar-refractivity contribution >= 4 is 0 Å². The Morgan fingerprint density at radius 1 is 0.917 bits per heavy atom. The molecule has 1 saturated heterocycles. The molecule has 0 spiro atoms. The van der Waals surface area contributed by atoms with Crippen molar-refractivity contribution in [3.05, 3.63) is 59.7 Å². The highest BCUT2D eigenvalue weighted by Crippen LogP contribution is 2.30. The molecule has 0 saturated carbocycles. The van der Waals surface area contributed by atoms with Gasteiger partial charge in [-0.25, -0.2) is 0 Å². The average molecular weight is 325 g/mol. The fourth-order valence-electron chi connectivity index (χ4n) is 3.53. The fourth-order valence-corrected chi connectivity index (χ4v) is 3.53. The van der Waals surface area contributed by atoms with Gasteiger partial charge < -0.3 is 14.4 Å². The van der Waals surface area contributed by atoms with E-state index in [-0.39, 0.29) is 0 Å². The molecular weight excluding hydrogens is 298 g/mol. The lowest BCUT2D eigenvalue weighted by atomic mass is 9.90. The van der Waals surface area contributed by atoms with Gasteiger partial charge in [0.15, 0.2) is 0 Å². The predicted molar refractivity (Wildman–Crippen MR) is 98.1 cm³/mol. The topological polar surface area (TPSA) is 21.7 Å². The number of nitrogens with zero attached hydrogens (tertiary/aromatic N) is 1. The summed E-state index contributed by atoms with van der Waals surface area (Å²) >= 11 is 0. The molecule has 1 fully saturated rings. The minimum absolute atomic E-state index is 0.368. The molecule has 0 aliphatic carbocycles. The number of ether oxygens (including phenoxy) is 2. The van der Waals surface area contributed by atoms with Crippen LogP contribution in [0.3, 0.4) is 0 Å². The molecule has 0 aromatic heterocycles. The Balaban J connectivity index is 1.86. The fraction of sp³-hybridized carbons (Fsp3) is 0.429. The molecule has 3 nitrogen and oxygen atoms in total. The number of rotatable bonds is 6. The van der Waals surface area contributed by atoms with Crippen molar-refractivity contribution in [2.45, 2.75) is 19.3 Å². The summed E-state index contributed by atoms with van der Waals surface area (Å²) in [7, 11) is 3.42. The van der Waals surface area contributed by atoms with Crippen molar-refractivity contribution in [2.24, 2.45) is 5.92 Å². The van der Waals surface area contributed by atoms with Gasteiger partial charge >= 0.3 is 0 Å². The van der Waals surface area contributed by atoms with Crippen molar-refractivity contribution in [2.75, 3.05) is 33.9 Å². The molecule has 2 aromatic carbocycles. The van der Waals surface area contributed by atoms with E-state index in [0.717, 1.165) is 24.0 Å². The summed E-state index contributed by atoms with van der Waals surface area (Å²) in [6, 6.07) is 17.0. The summed E-state index contributed by atoms with van der Waals surface area (Å²) in [5.41, 5.74) is 2.67. The highest BCUT2D eigenvalue weighted by Gasteiger charge is 2.24. The predicted octanol–water partition coefficient (Wildman–Crippen LogP) is 4.18. The van der Waals surface area contributed by atoms with Gasteiger partial charge in [-0.1, -0.05) is 31.2 Å². The van der Waals surface area contributed by atoms with Gasteiger partial charge in [0.2, 0.25) is 0 Å². The van der Waals surface area contributed by atoms with Gasteiger partial charge in [0.1, 0.15) is 11.5 Å². The molecule has 1 aliphatic rings. The number of hydrogen-bond donors (Lipinski definition) is 0. The monoisotopic (exact) mass is 325 g/mol. The van der Waals surface area contributed by atoms with Crippen LogP contribution in [0, 0.1) is 5.92 Å². The van der Waals surface area contributed by atoms with E-state index in [2.05, 4.69) is 60.4 Å². The molecule has 128 valence electrons. The SMILES string of the molecule is COc1ccc(C(CN2CCC(C)C2)c2ccc(OC)cc2)cc1. The first-order chi connectivity index (χ1) is 11.7. The molecule has 0 radical (unpaired) electrons. The van der Waals surface area contributed by atoms with Crippen molar-refractivity contribution in [1.29, 1.82) is 0 Å². The molecule has 1 aliphatic heterocycles. The zero-order chi connectivity index (χ0) is 16.9. The molecule has 0 N–H and O–H groups in total. The van der Waals surface area contributed by atoms with E-state index in [1.165, 1.54) is 30.6 Å². The van der Waals surface area contributed by atoms with Crippen molar-refractivity contribution < 1.29 is 9.47 Å². The minimum Gasteiger partial charge on any atom is -0.497 e. The Kier molecular flexibility index (Phi) is 5.41. The van der Waals surface area contributed by atoms with Crippen molar-refractivity contribution in [3.8, 4) is 11.5 Å². The maximum absolute atomic E-state index is 5.31. The highest BCUT2D eigenvalue weighted by molar-refractivity contribution is 5.38. The molecular formula is C21H27NO2. The lowest BCUT2D eigenvalue weighted by Crippen LogP contribution is -2.27. The molecule has 3 rings (SSSR count). The van der Waals surface area contributed by atoms with Gasteiger partial charge in [-0.2, -0.15) is 0 Å². The molecule has 1 heterocycles. The molecule has 24 heavy (non-hydrogen) atoms. The second-order valence-corrected chi connectivity index (χ2v) is 6.75. The molecule has 2 aromatic rings. The highest BCUT2D eigenvalue weighted by atomic mass is 16.5. The van der Waals surface area contributed by atoms with Gasteiger partial charge in [-0.05, 0) is 54.3 Å². The number of benzene rings is 2. The van der Waals surface area contributed by atoms with E-state index in [1.54, 1.807) is 14.2 Å². The first kappa shape index (κ1) is 16.8. The average Bonchev–Trinajstić information content (AvgIpc) is 3.05. The van der Waals surface area contributed by atoms with Gasteiger partial charge in [0.25, 0.3) is 0 Å². The van der Waals surface area contributed by atoms with Crippen LogP contribution in [-0.4, -0.2) is 38.8 Å². The van der Waals surface area contributed by atoms with Crippen LogP contribution in [0.25, 0.3) is 0 Å². The summed E-state index contributed by atoms with van der Waals surface area (Å²) < 4.78 is 10.6. The van der Waals surface area contributed by atoms with E-state index in [9.17, 15) is 0 Å². The number of methoxy groups -OCH3 is 2. The molecule has 0 amide bonds. The summed E-state index contributed by atoms with van der Waals surface area (Å²) in [6.45, 7) is 5.80. The Morgan fingerprint density at radius 3 is 1.79 bits per heavy atom. The Hall–Kier alpha value is -2.00. The van der Waals surface area contributed by atoms with Crippen LogP contribution in [0.1, 0.15) is 30.4 Å². The second kappa shape index (κ2) is 7.71. The van der Waals surface area contributed by atoms with Crippen LogP contribution in [0.4, 0.5) is 0 Å². The van der Waals surface area contributed by atoms with Crippen LogP contribution in [-0.2, 0) is 0 Å². The zero-order valence-corrected chi connectivity index (χ0v) is 14.9. The first-order valence-corrected chi connectivity index (χ1v) is 8.70. The maximum atomic E-state index is 5.31.